The lowest BCUT2D eigenvalue weighted by Crippen LogP contribution is -2.33. The Kier molecular flexibility index (Phi) is 14.4. The monoisotopic (exact) mass is 339 g/mol. The zero-order chi connectivity index (χ0) is 18.2. The van der Waals surface area contributed by atoms with Gasteiger partial charge in [-0.1, -0.05) is 44.8 Å². The number of hydrogen-bond donors (Lipinski definition) is 1. The van der Waals surface area contributed by atoms with Crippen molar-refractivity contribution in [3.63, 3.8) is 0 Å². The maximum atomic E-state index is 12.1. The summed E-state index contributed by atoms with van der Waals surface area (Å²) in [5, 5.41) is 9.30. The number of carboxylic acid groups (broad SMARTS) is 1. The van der Waals surface area contributed by atoms with Crippen LogP contribution in [0.15, 0.2) is 12.2 Å². The van der Waals surface area contributed by atoms with E-state index < -0.39 is 11.9 Å². The molecule has 0 aromatic carbocycles. The summed E-state index contributed by atoms with van der Waals surface area (Å²) in [6.45, 7) is 7.35. The van der Waals surface area contributed by atoms with Crippen LogP contribution in [-0.2, 0) is 9.59 Å². The maximum Gasteiger partial charge on any atom is 0.307 e. The second-order valence-corrected chi connectivity index (χ2v) is 6.41. The number of hydrogen-bond acceptors (Lipinski definition) is 2. The van der Waals surface area contributed by atoms with E-state index in [9.17, 15) is 14.7 Å². The summed E-state index contributed by atoms with van der Waals surface area (Å²) in [7, 11) is 0. The Morgan fingerprint density at radius 2 is 1.50 bits per heavy atom. The summed E-state index contributed by atoms with van der Waals surface area (Å²) < 4.78 is 0. The number of nitrogens with zero attached hydrogens (tertiary/aromatic N) is 1. The lowest BCUT2D eigenvalue weighted by atomic mass is 9.97. The van der Waals surface area contributed by atoms with E-state index >= 15 is 0 Å². The smallest absolute Gasteiger partial charge is 0.307 e. The van der Waals surface area contributed by atoms with Crippen LogP contribution in [0.4, 0.5) is 0 Å². The molecule has 1 unspecified atom stereocenters. The average molecular weight is 340 g/mol. The molecule has 0 aromatic rings. The van der Waals surface area contributed by atoms with Gasteiger partial charge in [-0.15, -0.1) is 0 Å². The van der Waals surface area contributed by atoms with E-state index in [1.807, 2.05) is 13.8 Å². The molecule has 4 heteroatoms. The van der Waals surface area contributed by atoms with Gasteiger partial charge in [-0.25, -0.2) is 0 Å². The van der Waals surface area contributed by atoms with Crippen LogP contribution in [0.5, 0.6) is 0 Å². The molecule has 0 saturated heterocycles. The highest BCUT2D eigenvalue weighted by atomic mass is 16.4. The third kappa shape index (κ3) is 11.3. The number of aliphatic carboxylic acids is 1. The Hall–Kier alpha value is -1.32. The summed E-state index contributed by atoms with van der Waals surface area (Å²) in [6, 6.07) is 0. The summed E-state index contributed by atoms with van der Waals surface area (Å²) in [6.07, 6.45) is 14.4. The van der Waals surface area contributed by atoms with Gasteiger partial charge >= 0.3 is 5.97 Å². The molecule has 0 aromatic heterocycles. The predicted molar refractivity (Wildman–Crippen MR) is 100 cm³/mol. The highest BCUT2D eigenvalue weighted by molar-refractivity contribution is 5.82. The van der Waals surface area contributed by atoms with Crippen LogP contribution in [-0.4, -0.2) is 35.0 Å². The highest BCUT2D eigenvalue weighted by Crippen LogP contribution is 2.16. The number of allylic oxidation sites excluding steroid dienone is 2. The van der Waals surface area contributed by atoms with Crippen molar-refractivity contribution in [2.24, 2.45) is 5.92 Å². The van der Waals surface area contributed by atoms with Gasteiger partial charge in [-0.2, -0.15) is 0 Å². The van der Waals surface area contributed by atoms with E-state index in [2.05, 4.69) is 19.1 Å². The molecule has 1 amide bonds. The Bertz CT molecular complexity index is 362. The molecular formula is C20H37NO3. The summed E-state index contributed by atoms with van der Waals surface area (Å²) >= 11 is 0. The van der Waals surface area contributed by atoms with Crippen molar-refractivity contribution in [3.05, 3.63) is 12.2 Å². The van der Waals surface area contributed by atoms with Crippen molar-refractivity contribution < 1.29 is 14.7 Å². The fraction of sp³-hybridized carbons (Fsp3) is 0.800. The minimum absolute atomic E-state index is 0.0463. The molecule has 0 rings (SSSR count). The summed E-state index contributed by atoms with van der Waals surface area (Å²) in [4.78, 5) is 25.1. The van der Waals surface area contributed by atoms with Crippen molar-refractivity contribution in [3.8, 4) is 0 Å². The normalized spacial score (nSPS) is 12.5. The van der Waals surface area contributed by atoms with Crippen molar-refractivity contribution in [2.45, 2.75) is 85.0 Å². The van der Waals surface area contributed by atoms with Gasteiger partial charge in [0.25, 0.3) is 0 Å². The molecule has 0 heterocycles. The van der Waals surface area contributed by atoms with Gasteiger partial charge in [0.05, 0.1) is 5.92 Å². The van der Waals surface area contributed by atoms with E-state index in [0.717, 1.165) is 19.3 Å². The molecule has 24 heavy (non-hydrogen) atoms. The average Bonchev–Trinajstić information content (AvgIpc) is 2.56. The van der Waals surface area contributed by atoms with Crippen LogP contribution >= 0.6 is 0 Å². The van der Waals surface area contributed by atoms with Crippen LogP contribution in [0, 0.1) is 5.92 Å². The van der Waals surface area contributed by atoms with E-state index in [1.165, 1.54) is 32.1 Å². The van der Waals surface area contributed by atoms with Crippen molar-refractivity contribution in [1.29, 1.82) is 0 Å². The van der Waals surface area contributed by atoms with E-state index in [-0.39, 0.29) is 12.3 Å². The number of carboxylic acids is 1. The van der Waals surface area contributed by atoms with Crippen molar-refractivity contribution >= 4 is 11.9 Å². The zero-order valence-corrected chi connectivity index (χ0v) is 15.9. The minimum Gasteiger partial charge on any atom is -0.481 e. The van der Waals surface area contributed by atoms with Gasteiger partial charge in [0.2, 0.25) is 5.91 Å². The Balaban J connectivity index is 3.94. The first-order valence-electron chi connectivity index (χ1n) is 9.72. The molecule has 140 valence electrons. The largest absolute Gasteiger partial charge is 0.481 e. The molecule has 0 aliphatic heterocycles. The van der Waals surface area contributed by atoms with Crippen LogP contribution in [0.3, 0.4) is 0 Å². The fourth-order valence-corrected chi connectivity index (χ4v) is 2.81. The van der Waals surface area contributed by atoms with Crippen LogP contribution in [0.1, 0.15) is 85.0 Å². The Labute approximate surface area is 148 Å². The zero-order valence-electron chi connectivity index (χ0n) is 15.9. The van der Waals surface area contributed by atoms with Crippen LogP contribution in [0.25, 0.3) is 0 Å². The topological polar surface area (TPSA) is 57.6 Å². The fourth-order valence-electron chi connectivity index (χ4n) is 2.81. The van der Waals surface area contributed by atoms with E-state index in [4.69, 9.17) is 0 Å². The number of amides is 1. The van der Waals surface area contributed by atoms with Crippen LogP contribution < -0.4 is 0 Å². The number of rotatable bonds is 15. The molecule has 1 atom stereocenters. The molecule has 0 bridgehead atoms. The van der Waals surface area contributed by atoms with E-state index in [0.29, 0.717) is 19.5 Å². The highest BCUT2D eigenvalue weighted by Gasteiger charge is 2.22. The van der Waals surface area contributed by atoms with Gasteiger partial charge in [-0.05, 0) is 46.0 Å². The first kappa shape index (κ1) is 22.7. The molecule has 0 saturated carbocycles. The molecule has 0 fully saturated rings. The SMILES string of the molecule is CCCCCCC/C=C/CCCC(CC(=O)N(CC)CC)C(=O)O. The number of carbonyl (C=O) groups is 2. The van der Waals surface area contributed by atoms with Gasteiger partial charge in [-0.3, -0.25) is 9.59 Å². The van der Waals surface area contributed by atoms with Crippen LogP contribution in [0.2, 0.25) is 0 Å². The second-order valence-electron chi connectivity index (χ2n) is 6.41. The standard InChI is InChI=1S/C20H37NO3/c1-4-7-8-9-10-11-12-13-14-15-16-18(20(23)24)17-19(22)21(5-2)6-3/h12-13,18H,4-11,14-17H2,1-3H3,(H,23,24)/b13-12+. The minimum atomic E-state index is -0.851. The lowest BCUT2D eigenvalue weighted by molar-refractivity contribution is -0.146. The lowest BCUT2D eigenvalue weighted by Gasteiger charge is -2.20. The molecular weight excluding hydrogens is 302 g/mol. The first-order valence-corrected chi connectivity index (χ1v) is 9.72. The Morgan fingerprint density at radius 3 is 2.04 bits per heavy atom. The second kappa shape index (κ2) is 15.2. The van der Waals surface area contributed by atoms with Crippen molar-refractivity contribution in [1.82, 2.24) is 4.90 Å². The molecule has 0 spiro atoms. The molecule has 0 aliphatic carbocycles. The number of carbonyl (C=O) groups excluding carboxylic acids is 1. The molecule has 4 nitrogen and oxygen atoms in total. The van der Waals surface area contributed by atoms with Gasteiger partial charge in [0.15, 0.2) is 0 Å². The quantitative estimate of drug-likeness (QED) is 0.336. The third-order valence-electron chi connectivity index (χ3n) is 4.45. The summed E-state index contributed by atoms with van der Waals surface area (Å²) in [5.74, 6) is -1.45. The maximum absolute atomic E-state index is 12.1. The van der Waals surface area contributed by atoms with Gasteiger partial charge < -0.3 is 10.0 Å². The first-order chi connectivity index (χ1) is 11.6. The molecule has 0 aliphatic rings. The van der Waals surface area contributed by atoms with E-state index in [1.54, 1.807) is 4.90 Å². The van der Waals surface area contributed by atoms with Crippen molar-refractivity contribution in [2.75, 3.05) is 13.1 Å². The predicted octanol–water partition coefficient (Wildman–Crippen LogP) is 5.03. The Morgan fingerprint density at radius 1 is 0.917 bits per heavy atom. The van der Waals surface area contributed by atoms with Gasteiger partial charge in [0.1, 0.15) is 0 Å². The molecule has 1 N–H and O–H groups in total. The number of unbranched alkanes of at least 4 members (excludes halogenated alkanes) is 6. The van der Waals surface area contributed by atoms with Gasteiger partial charge in [0, 0.05) is 19.5 Å². The summed E-state index contributed by atoms with van der Waals surface area (Å²) in [5.41, 5.74) is 0. The molecule has 0 radical (unpaired) electrons. The third-order valence-corrected chi connectivity index (χ3v) is 4.45.